The Balaban J connectivity index is 1.49. The fourth-order valence-corrected chi connectivity index (χ4v) is 4.59. The highest BCUT2D eigenvalue weighted by molar-refractivity contribution is 7.17. The SMILES string of the molecule is CNC(=O)c1csc2c(C(F)(F)F)c(C)c(OC3CC(NC(=O)OCC4CC4)C3)nc12. The number of alkyl carbamates (subject to hydrolysis) is 1. The van der Waals surface area contributed by atoms with Crippen LogP contribution in [-0.2, 0) is 10.9 Å². The van der Waals surface area contributed by atoms with E-state index in [1.54, 1.807) is 0 Å². The number of fused-ring (bicyclic) bond motifs is 1. The van der Waals surface area contributed by atoms with Crippen LogP contribution < -0.4 is 15.4 Å². The second-order valence-corrected chi connectivity index (χ2v) is 8.79. The zero-order chi connectivity index (χ0) is 22.3. The first-order chi connectivity index (χ1) is 14.7. The van der Waals surface area contributed by atoms with Gasteiger partial charge in [-0.25, -0.2) is 9.78 Å². The molecule has 2 heterocycles. The van der Waals surface area contributed by atoms with Gasteiger partial charge in [0.25, 0.3) is 5.91 Å². The van der Waals surface area contributed by atoms with Gasteiger partial charge in [0.05, 0.1) is 28.0 Å². The Hall–Kier alpha value is -2.56. The van der Waals surface area contributed by atoms with Crippen LogP contribution in [0.1, 0.15) is 47.2 Å². The summed E-state index contributed by atoms with van der Waals surface area (Å²) in [6.07, 6.45) is -2.47. The van der Waals surface area contributed by atoms with Crippen LogP contribution in [0.4, 0.5) is 18.0 Å². The van der Waals surface area contributed by atoms with Gasteiger partial charge in [-0.15, -0.1) is 11.3 Å². The van der Waals surface area contributed by atoms with Gasteiger partial charge in [-0.05, 0) is 25.7 Å². The number of carbonyl (C=O) groups is 2. The topological polar surface area (TPSA) is 89.6 Å². The van der Waals surface area contributed by atoms with E-state index in [0.717, 1.165) is 24.2 Å². The maximum absolute atomic E-state index is 13.8. The summed E-state index contributed by atoms with van der Waals surface area (Å²) in [6.45, 7) is 1.73. The predicted molar refractivity (Wildman–Crippen MR) is 107 cm³/mol. The van der Waals surface area contributed by atoms with Crippen LogP contribution in [0, 0.1) is 12.8 Å². The Bertz CT molecular complexity index is 1010. The Morgan fingerprint density at radius 1 is 1.29 bits per heavy atom. The number of amides is 2. The molecule has 7 nitrogen and oxygen atoms in total. The molecule has 2 N–H and O–H groups in total. The number of pyridine rings is 1. The first-order valence-electron chi connectivity index (χ1n) is 9.98. The fourth-order valence-electron chi connectivity index (χ4n) is 3.48. The van der Waals surface area contributed by atoms with Crippen LogP contribution in [0.5, 0.6) is 5.88 Å². The molecule has 0 unspecified atom stereocenters. The van der Waals surface area contributed by atoms with Gasteiger partial charge >= 0.3 is 12.3 Å². The summed E-state index contributed by atoms with van der Waals surface area (Å²) in [6, 6.07) is -0.162. The second-order valence-electron chi connectivity index (χ2n) is 7.92. The molecule has 2 fully saturated rings. The molecule has 2 aromatic rings. The van der Waals surface area contributed by atoms with E-state index in [9.17, 15) is 22.8 Å². The number of alkyl halides is 3. The lowest BCUT2D eigenvalue weighted by molar-refractivity contribution is -0.136. The summed E-state index contributed by atoms with van der Waals surface area (Å²) in [5.41, 5.74) is -0.921. The molecular weight excluding hydrogens is 435 g/mol. The molecule has 2 amide bonds. The lowest BCUT2D eigenvalue weighted by Crippen LogP contribution is -2.49. The molecule has 2 aliphatic rings. The molecule has 0 radical (unpaired) electrons. The minimum Gasteiger partial charge on any atom is -0.474 e. The normalized spacial score (nSPS) is 20.8. The molecule has 0 atom stereocenters. The summed E-state index contributed by atoms with van der Waals surface area (Å²) >= 11 is 0.831. The lowest BCUT2D eigenvalue weighted by atomic mass is 9.89. The number of ether oxygens (including phenoxy) is 2. The highest BCUT2D eigenvalue weighted by Gasteiger charge is 2.39. The molecule has 168 valence electrons. The molecular formula is C20H22F3N3O4S. The highest BCUT2D eigenvalue weighted by atomic mass is 32.1. The average Bonchev–Trinajstić information content (AvgIpc) is 3.42. The summed E-state index contributed by atoms with van der Waals surface area (Å²) in [5.74, 6) is -0.200. The van der Waals surface area contributed by atoms with E-state index in [-0.39, 0.29) is 39.4 Å². The van der Waals surface area contributed by atoms with Crippen LogP contribution >= 0.6 is 11.3 Å². The van der Waals surface area contributed by atoms with Gasteiger partial charge in [-0.1, -0.05) is 0 Å². The van der Waals surface area contributed by atoms with Gasteiger partial charge in [0.15, 0.2) is 0 Å². The Labute approximate surface area is 180 Å². The van der Waals surface area contributed by atoms with Crippen LogP contribution in [0.3, 0.4) is 0 Å². The number of nitrogens with one attached hydrogen (secondary N) is 2. The molecule has 31 heavy (non-hydrogen) atoms. The Morgan fingerprint density at radius 3 is 2.61 bits per heavy atom. The fraction of sp³-hybridized carbons (Fsp3) is 0.550. The predicted octanol–water partition coefficient (Wildman–Crippen LogP) is 4.03. The maximum Gasteiger partial charge on any atom is 0.418 e. The molecule has 11 heteroatoms. The van der Waals surface area contributed by atoms with Gasteiger partial charge in [-0.3, -0.25) is 4.79 Å². The minimum atomic E-state index is -4.62. The smallest absolute Gasteiger partial charge is 0.418 e. The van der Waals surface area contributed by atoms with Crippen molar-refractivity contribution in [3.63, 3.8) is 0 Å². The second kappa shape index (κ2) is 8.18. The van der Waals surface area contributed by atoms with E-state index in [1.165, 1.54) is 19.4 Å². The van der Waals surface area contributed by atoms with E-state index in [1.807, 2.05) is 0 Å². The highest BCUT2D eigenvalue weighted by Crippen LogP contribution is 2.43. The van der Waals surface area contributed by atoms with Gasteiger partial charge in [-0.2, -0.15) is 13.2 Å². The summed E-state index contributed by atoms with van der Waals surface area (Å²) < 4.78 is 52.1. The zero-order valence-corrected chi connectivity index (χ0v) is 17.8. The van der Waals surface area contributed by atoms with Crippen molar-refractivity contribution >= 4 is 33.6 Å². The van der Waals surface area contributed by atoms with Crippen molar-refractivity contribution in [3.8, 4) is 5.88 Å². The molecule has 4 rings (SSSR count). The number of hydrogen-bond donors (Lipinski definition) is 2. The Morgan fingerprint density at radius 2 is 2.00 bits per heavy atom. The summed E-state index contributed by atoms with van der Waals surface area (Å²) in [7, 11) is 1.40. The van der Waals surface area contributed by atoms with Crippen LogP contribution in [-0.4, -0.2) is 42.8 Å². The van der Waals surface area contributed by atoms with E-state index < -0.39 is 23.7 Å². The number of carbonyl (C=O) groups excluding carboxylic acids is 2. The third-order valence-corrected chi connectivity index (χ3v) is 6.49. The van der Waals surface area contributed by atoms with Crippen molar-refractivity contribution in [3.05, 3.63) is 22.1 Å². The monoisotopic (exact) mass is 457 g/mol. The number of halogens is 3. The van der Waals surface area contributed by atoms with Gasteiger partial charge in [0, 0.05) is 36.9 Å². The lowest BCUT2D eigenvalue weighted by Gasteiger charge is -2.35. The number of hydrogen-bond acceptors (Lipinski definition) is 6. The average molecular weight is 457 g/mol. The summed E-state index contributed by atoms with van der Waals surface area (Å²) in [4.78, 5) is 28.1. The van der Waals surface area contributed by atoms with Crippen molar-refractivity contribution in [2.24, 2.45) is 5.92 Å². The molecule has 0 bridgehead atoms. The molecule has 2 saturated carbocycles. The number of nitrogens with zero attached hydrogens (tertiary/aromatic N) is 1. The third-order valence-electron chi connectivity index (χ3n) is 5.50. The first kappa shape index (κ1) is 21.7. The van der Waals surface area contributed by atoms with Crippen LogP contribution in [0.25, 0.3) is 10.2 Å². The largest absolute Gasteiger partial charge is 0.474 e. The molecule has 0 aromatic carbocycles. The van der Waals surface area contributed by atoms with Gasteiger partial charge < -0.3 is 20.1 Å². The first-order valence-corrected chi connectivity index (χ1v) is 10.9. The van der Waals surface area contributed by atoms with Gasteiger partial charge in [0.1, 0.15) is 6.10 Å². The van der Waals surface area contributed by atoms with E-state index in [0.29, 0.717) is 25.4 Å². The molecule has 2 aromatic heterocycles. The number of thiophene rings is 1. The Kier molecular flexibility index (Phi) is 5.71. The van der Waals surface area contributed by atoms with Crippen LogP contribution in [0.2, 0.25) is 0 Å². The minimum absolute atomic E-state index is 0.0325. The third kappa shape index (κ3) is 4.56. The van der Waals surface area contributed by atoms with Crippen LogP contribution in [0.15, 0.2) is 5.38 Å². The summed E-state index contributed by atoms with van der Waals surface area (Å²) in [5, 5.41) is 6.51. The number of rotatable bonds is 6. The van der Waals surface area contributed by atoms with Crippen molar-refractivity contribution in [2.75, 3.05) is 13.7 Å². The zero-order valence-electron chi connectivity index (χ0n) is 17.0. The molecule has 0 spiro atoms. The van der Waals surface area contributed by atoms with Crippen molar-refractivity contribution in [2.45, 2.75) is 50.9 Å². The van der Waals surface area contributed by atoms with E-state index in [2.05, 4.69) is 15.6 Å². The molecule has 2 aliphatic carbocycles. The van der Waals surface area contributed by atoms with Gasteiger partial charge in [0.2, 0.25) is 5.88 Å². The molecule has 0 saturated heterocycles. The quantitative estimate of drug-likeness (QED) is 0.684. The van der Waals surface area contributed by atoms with Crippen molar-refractivity contribution in [1.29, 1.82) is 0 Å². The standard InChI is InChI=1S/C20H22F3N3O4S/c1-9-14(20(21,22)23)16-15(13(8-31-16)17(27)24-2)26-18(9)30-12-5-11(6-12)25-19(28)29-7-10-3-4-10/h8,10-12H,3-7H2,1-2H3,(H,24,27)(H,25,28). The van der Waals surface area contributed by atoms with E-state index >= 15 is 0 Å². The number of aromatic nitrogens is 1. The van der Waals surface area contributed by atoms with Crippen molar-refractivity contribution in [1.82, 2.24) is 15.6 Å². The van der Waals surface area contributed by atoms with Crippen molar-refractivity contribution < 1.29 is 32.2 Å². The maximum atomic E-state index is 13.8. The van der Waals surface area contributed by atoms with E-state index in [4.69, 9.17) is 9.47 Å². The molecule has 0 aliphatic heterocycles.